The summed E-state index contributed by atoms with van der Waals surface area (Å²) < 4.78 is 10.6. The molecular weight excluding hydrogens is 934 g/mol. The predicted octanol–water partition coefficient (Wildman–Crippen LogP) is 12.6. The van der Waals surface area contributed by atoms with Crippen molar-refractivity contribution >= 4 is 60.7 Å². The molecule has 12 rings (SSSR count). The standard InChI is InChI=1S/C46H31N6O.C7H9N.W/c1-2-8-29(9-3-1)27-49-52-42-13-7-5-10-33(42)35-17-14-31(25-43(35)52)46-48-23-20-39(50-46)30-15-18-41-36(24-30)34-11-4-6-12-40(34)51(41)32-16-19-44-37(26-32)38-28-47-22-21-45(38)53-44;8-6-7-4-2-1-3-5-7;/h1-3,5-10,12-26,28H,4,11,27H2;1-5H,6,8H2;/q-1;;. The van der Waals surface area contributed by atoms with Gasteiger partial charge in [-0.05, 0) is 84.6 Å². The van der Waals surface area contributed by atoms with Gasteiger partial charge >= 0.3 is 0 Å². The summed E-state index contributed by atoms with van der Waals surface area (Å²) in [5.74, 6) is 0.682. The maximum absolute atomic E-state index is 6.12. The Morgan fingerprint density at radius 1 is 0.629 bits per heavy atom. The van der Waals surface area contributed by atoms with Gasteiger partial charge in [-0.25, -0.2) is 9.97 Å². The molecule has 9 heteroatoms. The number of hydrogen-bond donors (Lipinski definition) is 1. The molecule has 62 heavy (non-hydrogen) atoms. The summed E-state index contributed by atoms with van der Waals surface area (Å²) >= 11 is 0. The molecule has 0 fully saturated rings. The Morgan fingerprint density at radius 2 is 1.40 bits per heavy atom. The molecule has 300 valence electrons. The summed E-state index contributed by atoms with van der Waals surface area (Å²) in [6, 6.07) is 52.4. The molecule has 11 aromatic rings. The first-order valence-corrected chi connectivity index (χ1v) is 20.6. The second-order valence-electron chi connectivity index (χ2n) is 15.3. The van der Waals surface area contributed by atoms with Crippen LogP contribution in [0.3, 0.4) is 0 Å². The van der Waals surface area contributed by atoms with Gasteiger partial charge in [0.25, 0.3) is 0 Å². The monoisotopic (exact) mass is 974 g/mol. The van der Waals surface area contributed by atoms with E-state index < -0.39 is 0 Å². The van der Waals surface area contributed by atoms with Crippen molar-refractivity contribution in [3.8, 4) is 28.3 Å². The summed E-state index contributed by atoms with van der Waals surface area (Å²) in [5.41, 5.74) is 24.3. The molecule has 0 saturated carbocycles. The molecule has 0 atom stereocenters. The number of benzene rings is 6. The van der Waals surface area contributed by atoms with Gasteiger partial charge in [-0.15, -0.1) is 0 Å². The van der Waals surface area contributed by atoms with Crippen LogP contribution in [0.4, 0.5) is 0 Å². The van der Waals surface area contributed by atoms with Crippen molar-refractivity contribution in [1.29, 1.82) is 0 Å². The largest absolute Gasteiger partial charge is 0.613 e. The van der Waals surface area contributed by atoms with E-state index in [1.807, 2.05) is 60.9 Å². The van der Waals surface area contributed by atoms with Crippen LogP contribution in [0.15, 0.2) is 181 Å². The van der Waals surface area contributed by atoms with E-state index in [4.69, 9.17) is 25.5 Å². The predicted molar refractivity (Wildman–Crippen MR) is 248 cm³/mol. The Kier molecular flexibility index (Phi) is 10.5. The van der Waals surface area contributed by atoms with Crippen molar-refractivity contribution in [3.05, 3.63) is 204 Å². The van der Waals surface area contributed by atoms with E-state index in [0.717, 1.165) is 73.7 Å². The summed E-state index contributed by atoms with van der Waals surface area (Å²) in [5, 5.41) is 5.66. The minimum atomic E-state index is 0. The van der Waals surface area contributed by atoms with Crippen LogP contribution in [0.1, 0.15) is 28.8 Å². The van der Waals surface area contributed by atoms with Gasteiger partial charge in [-0.2, -0.15) is 0 Å². The number of furan rings is 1. The van der Waals surface area contributed by atoms with Crippen molar-refractivity contribution in [1.82, 2.24) is 24.2 Å². The molecule has 5 heterocycles. The maximum atomic E-state index is 6.12. The Morgan fingerprint density at radius 3 is 2.24 bits per heavy atom. The number of pyridine rings is 1. The van der Waals surface area contributed by atoms with Gasteiger partial charge in [0, 0.05) is 107 Å². The van der Waals surface area contributed by atoms with Crippen LogP contribution in [0, 0.1) is 0 Å². The van der Waals surface area contributed by atoms with Gasteiger partial charge < -0.3 is 24.8 Å². The van der Waals surface area contributed by atoms with Gasteiger partial charge in [0.2, 0.25) is 0 Å². The van der Waals surface area contributed by atoms with E-state index in [9.17, 15) is 0 Å². The van der Waals surface area contributed by atoms with Crippen LogP contribution in [0.25, 0.3) is 94.5 Å². The van der Waals surface area contributed by atoms with Crippen LogP contribution in [-0.4, -0.2) is 24.2 Å². The van der Waals surface area contributed by atoms with Gasteiger partial charge in [0.1, 0.15) is 11.2 Å². The second-order valence-corrected chi connectivity index (χ2v) is 15.3. The molecule has 6 aromatic carbocycles. The van der Waals surface area contributed by atoms with E-state index in [2.05, 4.69) is 130 Å². The number of hydrogen-bond acceptors (Lipinski definition) is 5. The number of fused-ring (bicyclic) bond motifs is 9. The zero-order valence-corrected chi connectivity index (χ0v) is 36.7. The van der Waals surface area contributed by atoms with Crippen LogP contribution >= 0.6 is 0 Å². The van der Waals surface area contributed by atoms with Crippen molar-refractivity contribution in [2.45, 2.75) is 25.9 Å². The Balaban J connectivity index is 0.000000461. The normalized spacial score (nSPS) is 12.1. The fourth-order valence-electron chi connectivity index (χ4n) is 8.67. The van der Waals surface area contributed by atoms with Gasteiger partial charge in [-0.3, -0.25) is 4.98 Å². The quantitative estimate of drug-likeness (QED) is 0.171. The van der Waals surface area contributed by atoms with Crippen LogP contribution in [-0.2, 0) is 40.6 Å². The Bertz CT molecular complexity index is 3420. The molecule has 0 amide bonds. The minimum Gasteiger partial charge on any atom is -0.613 e. The molecule has 0 saturated heterocycles. The van der Waals surface area contributed by atoms with E-state index in [0.29, 0.717) is 18.9 Å². The summed E-state index contributed by atoms with van der Waals surface area (Å²) in [4.78, 5) is 14.3. The molecule has 0 unspecified atom stereocenters. The molecule has 0 aliphatic heterocycles. The number of nitrogens with two attached hydrogens (primary N) is 1. The number of allylic oxidation sites excluding steroid dienone is 1. The summed E-state index contributed by atoms with van der Waals surface area (Å²) in [6.45, 7) is 1.22. The molecule has 5 aromatic heterocycles. The van der Waals surface area contributed by atoms with Crippen molar-refractivity contribution in [3.63, 3.8) is 0 Å². The van der Waals surface area contributed by atoms with Gasteiger partial charge in [-0.1, -0.05) is 115 Å². The molecule has 0 spiro atoms. The zero-order chi connectivity index (χ0) is 40.7. The van der Waals surface area contributed by atoms with Crippen molar-refractivity contribution < 1.29 is 25.5 Å². The van der Waals surface area contributed by atoms with Crippen LogP contribution in [0.5, 0.6) is 0 Å². The number of para-hydroxylation sites is 1. The molecule has 0 bridgehead atoms. The SMILES string of the molecule is C1=Cc2c(c3cc(-c4ccnc(-c5ccc6c7ccccc7n([N-]Cc7ccccc7)c6c5)n4)ccc3n2-c2ccc3oc4ccncc4c3c2)CC1.NCc1ccccc1.[W]. The first-order valence-electron chi connectivity index (χ1n) is 20.6. The van der Waals surface area contributed by atoms with Crippen molar-refractivity contribution in [2.24, 2.45) is 5.73 Å². The van der Waals surface area contributed by atoms with Gasteiger partial charge in [0.15, 0.2) is 5.82 Å². The zero-order valence-electron chi connectivity index (χ0n) is 33.7. The topological polar surface area (TPSA) is 102 Å². The van der Waals surface area contributed by atoms with Gasteiger partial charge in [0.05, 0.1) is 11.2 Å². The number of rotatable bonds is 7. The van der Waals surface area contributed by atoms with E-state index in [1.165, 1.54) is 38.7 Å². The fourth-order valence-corrected chi connectivity index (χ4v) is 8.67. The number of nitrogens with zero attached hydrogens (tertiary/aromatic N) is 6. The van der Waals surface area contributed by atoms with E-state index in [1.54, 1.807) is 6.20 Å². The smallest absolute Gasteiger partial charge is 0.159 e. The third kappa shape index (κ3) is 7.07. The Hall–Kier alpha value is -7.12. The minimum absolute atomic E-state index is 0. The average Bonchev–Trinajstić information content (AvgIpc) is 3.98. The molecule has 8 nitrogen and oxygen atoms in total. The first-order chi connectivity index (χ1) is 30.2. The van der Waals surface area contributed by atoms with E-state index in [-0.39, 0.29) is 21.1 Å². The molecule has 0 radical (unpaired) electrons. The van der Waals surface area contributed by atoms with Crippen molar-refractivity contribution in [2.75, 3.05) is 0 Å². The molecular formula is C53H40N7OW-. The molecule has 1 aliphatic carbocycles. The molecule has 2 N–H and O–H groups in total. The summed E-state index contributed by atoms with van der Waals surface area (Å²) in [7, 11) is 0. The second kappa shape index (κ2) is 16.7. The third-order valence-corrected chi connectivity index (χ3v) is 11.6. The third-order valence-electron chi connectivity index (χ3n) is 11.6. The fraction of sp³-hybridized carbons (Fsp3) is 0.0755. The van der Waals surface area contributed by atoms with Crippen LogP contribution in [0.2, 0.25) is 0 Å². The Labute approximate surface area is 372 Å². The first kappa shape index (κ1) is 39.0. The number of aromatic nitrogens is 5. The molecule has 1 aliphatic rings. The van der Waals surface area contributed by atoms with E-state index >= 15 is 0 Å². The maximum Gasteiger partial charge on any atom is 0.159 e. The average molecular weight is 975 g/mol. The van der Waals surface area contributed by atoms with Crippen LogP contribution < -0.4 is 5.73 Å². The number of aryl methyl sites for hydroxylation is 1. The summed E-state index contributed by atoms with van der Waals surface area (Å²) in [6.07, 6.45) is 12.1.